The Balaban J connectivity index is 1.81. The van der Waals surface area contributed by atoms with Crippen molar-refractivity contribution in [1.29, 1.82) is 0 Å². The van der Waals surface area contributed by atoms with E-state index in [1.165, 1.54) is 30.5 Å². The molecule has 0 fully saturated rings. The molecule has 0 aliphatic heterocycles. The van der Waals surface area contributed by atoms with Crippen molar-refractivity contribution in [1.82, 2.24) is 5.32 Å². The normalized spacial score (nSPS) is 14.1. The molecule has 4 N–H and O–H groups in total. The minimum Gasteiger partial charge on any atom is -0.366 e. The van der Waals surface area contributed by atoms with Gasteiger partial charge in [-0.3, -0.25) is 4.79 Å². The molecule has 0 bridgehead atoms. The molecule has 0 saturated heterocycles. The summed E-state index contributed by atoms with van der Waals surface area (Å²) in [6.45, 7) is 0.513. The van der Waals surface area contributed by atoms with Gasteiger partial charge in [0.2, 0.25) is 5.91 Å². The van der Waals surface area contributed by atoms with Crippen LogP contribution in [0.1, 0.15) is 42.5 Å². The lowest BCUT2D eigenvalue weighted by Gasteiger charge is -2.13. The Morgan fingerprint density at radius 2 is 2.09 bits per heavy atom. The number of hydrogen-bond acceptors (Lipinski definition) is 2. The first kappa shape index (κ1) is 16.0. The molecule has 2 rings (SSSR count). The monoisotopic (exact) mass is 305 g/mol. The zero-order valence-electron chi connectivity index (χ0n) is 12.3. The Morgan fingerprint density at radius 3 is 2.73 bits per heavy atom. The summed E-state index contributed by atoms with van der Waals surface area (Å²) in [7, 11) is 0. The summed E-state index contributed by atoms with van der Waals surface area (Å²) < 4.78 is 13.7. The Hall–Kier alpha value is -2.37. The summed E-state index contributed by atoms with van der Waals surface area (Å²) in [4.78, 5) is 22.7. The number of halogens is 1. The zero-order chi connectivity index (χ0) is 15.9. The van der Waals surface area contributed by atoms with E-state index in [0.717, 1.165) is 25.3 Å². The summed E-state index contributed by atoms with van der Waals surface area (Å²) >= 11 is 0. The molecular formula is C16H20FN3O2. The number of primary amides is 1. The molecule has 5 nitrogen and oxygen atoms in total. The third-order valence-electron chi connectivity index (χ3n) is 3.62. The molecule has 1 aliphatic carbocycles. The third-order valence-corrected chi connectivity index (χ3v) is 3.62. The first-order chi connectivity index (χ1) is 10.6. The molecule has 0 aromatic heterocycles. The Morgan fingerprint density at radius 1 is 1.27 bits per heavy atom. The van der Waals surface area contributed by atoms with Crippen molar-refractivity contribution < 1.29 is 14.0 Å². The maximum Gasteiger partial charge on any atom is 0.319 e. The molecule has 0 unspecified atom stereocenters. The molecule has 0 radical (unpaired) electrons. The smallest absolute Gasteiger partial charge is 0.319 e. The molecule has 22 heavy (non-hydrogen) atoms. The van der Waals surface area contributed by atoms with Crippen molar-refractivity contribution in [3.8, 4) is 0 Å². The van der Waals surface area contributed by atoms with Gasteiger partial charge in [0.25, 0.3) is 0 Å². The van der Waals surface area contributed by atoms with Crippen molar-refractivity contribution >= 4 is 17.6 Å². The zero-order valence-corrected chi connectivity index (χ0v) is 12.3. The highest BCUT2D eigenvalue weighted by Crippen LogP contribution is 2.19. The minimum atomic E-state index is -0.712. The van der Waals surface area contributed by atoms with Gasteiger partial charge < -0.3 is 16.4 Å². The van der Waals surface area contributed by atoms with Crippen LogP contribution in [0.2, 0.25) is 0 Å². The second-order valence-corrected chi connectivity index (χ2v) is 5.30. The number of allylic oxidation sites excluding steroid dienone is 1. The molecule has 6 heteroatoms. The van der Waals surface area contributed by atoms with E-state index in [-0.39, 0.29) is 11.3 Å². The summed E-state index contributed by atoms with van der Waals surface area (Å²) in [5.41, 5.74) is 6.50. The van der Waals surface area contributed by atoms with Crippen LogP contribution < -0.4 is 16.4 Å². The van der Waals surface area contributed by atoms with E-state index in [1.54, 1.807) is 0 Å². The molecular weight excluding hydrogens is 285 g/mol. The van der Waals surface area contributed by atoms with Crippen molar-refractivity contribution in [2.75, 3.05) is 11.9 Å². The van der Waals surface area contributed by atoms with Gasteiger partial charge in [-0.2, -0.15) is 0 Å². The van der Waals surface area contributed by atoms with Crippen LogP contribution in [0.4, 0.5) is 14.9 Å². The highest BCUT2D eigenvalue weighted by atomic mass is 19.1. The number of benzene rings is 1. The molecule has 118 valence electrons. The Bertz CT molecular complexity index is 599. The topological polar surface area (TPSA) is 84.2 Å². The van der Waals surface area contributed by atoms with Gasteiger partial charge in [0.1, 0.15) is 5.82 Å². The minimum absolute atomic E-state index is 0.0133. The lowest BCUT2D eigenvalue weighted by atomic mass is 9.97. The van der Waals surface area contributed by atoms with Gasteiger partial charge in [-0.1, -0.05) is 11.6 Å². The SMILES string of the molecule is NC(=O)c1ccc(NC(=O)NCCC2=CCCCC2)c(F)c1. The number of nitrogens with one attached hydrogen (secondary N) is 2. The fourth-order valence-electron chi connectivity index (χ4n) is 2.40. The van der Waals surface area contributed by atoms with E-state index in [1.807, 2.05) is 0 Å². The molecule has 3 amide bonds. The Kier molecular flexibility index (Phi) is 5.52. The van der Waals surface area contributed by atoms with Crippen LogP contribution in [-0.4, -0.2) is 18.5 Å². The van der Waals surface area contributed by atoms with E-state index in [2.05, 4.69) is 16.7 Å². The van der Waals surface area contributed by atoms with Crippen LogP contribution >= 0.6 is 0 Å². The van der Waals surface area contributed by atoms with Gasteiger partial charge in [-0.05, 0) is 50.3 Å². The molecule has 1 aliphatic rings. The van der Waals surface area contributed by atoms with Crippen LogP contribution in [-0.2, 0) is 0 Å². The number of anilines is 1. The van der Waals surface area contributed by atoms with E-state index in [0.29, 0.717) is 6.54 Å². The quantitative estimate of drug-likeness (QED) is 0.731. The predicted molar refractivity (Wildman–Crippen MR) is 83.1 cm³/mol. The van der Waals surface area contributed by atoms with Crippen LogP contribution in [0.25, 0.3) is 0 Å². The van der Waals surface area contributed by atoms with Gasteiger partial charge in [0.15, 0.2) is 0 Å². The van der Waals surface area contributed by atoms with E-state index < -0.39 is 17.8 Å². The summed E-state index contributed by atoms with van der Waals surface area (Å²) in [5.74, 6) is -1.41. The van der Waals surface area contributed by atoms with Crippen molar-refractivity contribution in [3.63, 3.8) is 0 Å². The molecule has 0 atom stereocenters. The van der Waals surface area contributed by atoms with Gasteiger partial charge in [0, 0.05) is 12.1 Å². The van der Waals surface area contributed by atoms with E-state index in [4.69, 9.17) is 5.73 Å². The lowest BCUT2D eigenvalue weighted by Crippen LogP contribution is -2.30. The molecule has 0 spiro atoms. The first-order valence-electron chi connectivity index (χ1n) is 7.38. The fraction of sp³-hybridized carbons (Fsp3) is 0.375. The third kappa shape index (κ3) is 4.58. The highest BCUT2D eigenvalue weighted by Gasteiger charge is 2.10. The standard InChI is InChI=1S/C16H20FN3O2/c17-13-10-12(15(18)21)6-7-14(13)20-16(22)19-9-8-11-4-2-1-3-5-11/h4,6-7,10H,1-3,5,8-9H2,(H2,18,21)(H2,19,20,22). The number of hydrogen-bond donors (Lipinski definition) is 3. The van der Waals surface area contributed by atoms with Crippen LogP contribution in [0.5, 0.6) is 0 Å². The average molecular weight is 305 g/mol. The largest absolute Gasteiger partial charge is 0.366 e. The highest BCUT2D eigenvalue weighted by molar-refractivity contribution is 5.94. The van der Waals surface area contributed by atoms with E-state index >= 15 is 0 Å². The van der Waals surface area contributed by atoms with Crippen LogP contribution in [0, 0.1) is 5.82 Å². The molecule has 1 aromatic carbocycles. The second-order valence-electron chi connectivity index (χ2n) is 5.30. The van der Waals surface area contributed by atoms with Gasteiger partial charge in [0.05, 0.1) is 5.69 Å². The second kappa shape index (κ2) is 7.59. The van der Waals surface area contributed by atoms with Crippen LogP contribution in [0.3, 0.4) is 0 Å². The number of rotatable bonds is 5. The number of nitrogens with two attached hydrogens (primary N) is 1. The molecule has 0 heterocycles. The fourth-order valence-corrected chi connectivity index (χ4v) is 2.40. The van der Waals surface area contributed by atoms with Gasteiger partial charge in [-0.25, -0.2) is 9.18 Å². The maximum atomic E-state index is 13.7. The summed E-state index contributed by atoms with van der Waals surface area (Å²) in [6.07, 6.45) is 7.68. The summed E-state index contributed by atoms with van der Waals surface area (Å²) in [6, 6.07) is 3.22. The lowest BCUT2D eigenvalue weighted by molar-refractivity contribution is 0.1000. The van der Waals surface area contributed by atoms with Crippen molar-refractivity contribution in [2.45, 2.75) is 32.1 Å². The molecule has 1 aromatic rings. The van der Waals surface area contributed by atoms with E-state index in [9.17, 15) is 14.0 Å². The van der Waals surface area contributed by atoms with Gasteiger partial charge >= 0.3 is 6.03 Å². The maximum absolute atomic E-state index is 13.7. The van der Waals surface area contributed by atoms with Crippen molar-refractivity contribution in [3.05, 3.63) is 41.2 Å². The predicted octanol–water partition coefficient (Wildman–Crippen LogP) is 2.94. The van der Waals surface area contributed by atoms with Crippen molar-refractivity contribution in [2.24, 2.45) is 5.73 Å². The Labute approximate surface area is 128 Å². The average Bonchev–Trinajstić information content (AvgIpc) is 2.50. The summed E-state index contributed by atoms with van der Waals surface area (Å²) in [5, 5.41) is 5.11. The van der Waals surface area contributed by atoms with Crippen LogP contribution in [0.15, 0.2) is 29.8 Å². The number of carbonyl (C=O) groups excluding carboxylic acids is 2. The van der Waals surface area contributed by atoms with Gasteiger partial charge in [-0.15, -0.1) is 0 Å². The molecule has 0 saturated carbocycles. The number of carbonyl (C=O) groups is 2. The number of amides is 3. The first-order valence-corrected chi connectivity index (χ1v) is 7.38. The number of urea groups is 1.